The van der Waals surface area contributed by atoms with Gasteiger partial charge in [-0.3, -0.25) is 4.79 Å². The van der Waals surface area contributed by atoms with Crippen LogP contribution in [-0.4, -0.2) is 25.5 Å². The van der Waals surface area contributed by atoms with Crippen molar-refractivity contribution in [2.75, 3.05) is 19.0 Å². The lowest BCUT2D eigenvalue weighted by Gasteiger charge is -2.06. The number of ether oxygens (including phenoxy) is 1. The molecule has 8 heteroatoms. The highest BCUT2D eigenvalue weighted by atomic mass is 35.5. The summed E-state index contributed by atoms with van der Waals surface area (Å²) in [6.45, 7) is -0.355. The third kappa shape index (κ3) is 4.85. The largest absolute Gasteiger partial charge is 0.497 e. The topological polar surface area (TPSA) is 85.9 Å². The molecule has 0 aliphatic carbocycles. The van der Waals surface area contributed by atoms with Crippen LogP contribution in [0.25, 0.3) is 0 Å². The molecule has 0 aliphatic rings. The molecule has 0 saturated heterocycles. The summed E-state index contributed by atoms with van der Waals surface area (Å²) in [5.74, 6) is -0.244. The zero-order valence-electron chi connectivity index (χ0n) is 12.8. The summed E-state index contributed by atoms with van der Waals surface area (Å²) in [7, 11) is 1.56. The molecule has 126 valence electrons. The summed E-state index contributed by atoms with van der Waals surface area (Å²) >= 11 is 5.63. The van der Waals surface area contributed by atoms with E-state index in [0.29, 0.717) is 17.0 Å². The van der Waals surface area contributed by atoms with E-state index in [0.717, 1.165) is 6.07 Å². The highest BCUT2D eigenvalue weighted by Crippen LogP contribution is 2.19. The van der Waals surface area contributed by atoms with Crippen LogP contribution in [0, 0.1) is 5.82 Å². The Morgan fingerprint density at radius 2 is 2.00 bits per heavy atom. The SMILES string of the molecule is COc1ccc(/C(N)=N/OCC(=O)Nc2ccc(F)c(Cl)c2)cc1. The average Bonchev–Trinajstić information content (AvgIpc) is 2.58. The van der Waals surface area contributed by atoms with Gasteiger partial charge in [0.15, 0.2) is 12.4 Å². The number of nitrogens with one attached hydrogen (secondary N) is 1. The Kier molecular flexibility index (Phi) is 5.97. The number of methoxy groups -OCH3 is 1. The second-order valence-electron chi connectivity index (χ2n) is 4.66. The molecule has 2 aromatic carbocycles. The number of amidine groups is 1. The maximum atomic E-state index is 13.0. The van der Waals surface area contributed by atoms with E-state index in [1.165, 1.54) is 12.1 Å². The van der Waals surface area contributed by atoms with Gasteiger partial charge in [0.05, 0.1) is 12.1 Å². The van der Waals surface area contributed by atoms with Crippen molar-refractivity contribution in [3.8, 4) is 5.75 Å². The van der Waals surface area contributed by atoms with Crippen LogP contribution in [0.2, 0.25) is 5.02 Å². The number of halogens is 2. The summed E-state index contributed by atoms with van der Waals surface area (Å²) < 4.78 is 18.1. The second kappa shape index (κ2) is 8.16. The van der Waals surface area contributed by atoms with Gasteiger partial charge in [-0.15, -0.1) is 0 Å². The summed E-state index contributed by atoms with van der Waals surface area (Å²) in [5, 5.41) is 6.08. The molecule has 24 heavy (non-hydrogen) atoms. The molecule has 0 bridgehead atoms. The van der Waals surface area contributed by atoms with Crippen LogP contribution >= 0.6 is 11.6 Å². The van der Waals surface area contributed by atoms with Gasteiger partial charge in [0.2, 0.25) is 0 Å². The number of carbonyl (C=O) groups is 1. The minimum absolute atomic E-state index is 0.0875. The fourth-order valence-electron chi connectivity index (χ4n) is 1.75. The number of hydrogen-bond donors (Lipinski definition) is 2. The van der Waals surface area contributed by atoms with Crippen LogP contribution in [0.1, 0.15) is 5.56 Å². The molecule has 1 amide bonds. The molecule has 0 saturated carbocycles. The Hall–Kier alpha value is -2.80. The van der Waals surface area contributed by atoms with E-state index in [-0.39, 0.29) is 17.5 Å². The number of carbonyl (C=O) groups excluding carboxylic acids is 1. The quantitative estimate of drug-likeness (QED) is 0.476. The molecule has 2 aromatic rings. The molecule has 0 unspecified atom stereocenters. The number of nitrogens with zero attached hydrogens (tertiary/aromatic N) is 1. The van der Waals surface area contributed by atoms with E-state index in [9.17, 15) is 9.18 Å². The van der Waals surface area contributed by atoms with Crippen LogP contribution in [0.4, 0.5) is 10.1 Å². The summed E-state index contributed by atoms with van der Waals surface area (Å²) in [5.41, 5.74) is 6.73. The maximum Gasteiger partial charge on any atom is 0.265 e. The lowest BCUT2D eigenvalue weighted by Crippen LogP contribution is -2.19. The van der Waals surface area contributed by atoms with Crippen LogP contribution < -0.4 is 15.8 Å². The Morgan fingerprint density at radius 3 is 2.62 bits per heavy atom. The minimum Gasteiger partial charge on any atom is -0.497 e. The first-order chi connectivity index (χ1) is 11.5. The Balaban J connectivity index is 1.87. The van der Waals surface area contributed by atoms with E-state index < -0.39 is 11.7 Å². The highest BCUT2D eigenvalue weighted by Gasteiger charge is 2.06. The van der Waals surface area contributed by atoms with Crippen molar-refractivity contribution in [2.45, 2.75) is 0 Å². The molecule has 0 aromatic heterocycles. The van der Waals surface area contributed by atoms with Crippen molar-refractivity contribution in [1.82, 2.24) is 0 Å². The standard InChI is InChI=1S/C16H15ClFN3O3/c1-23-12-5-2-10(3-6-12)16(19)21-24-9-15(22)20-11-4-7-14(18)13(17)8-11/h2-8H,9H2,1H3,(H2,19,21)(H,20,22). The molecule has 0 fully saturated rings. The van der Waals surface area contributed by atoms with E-state index in [4.69, 9.17) is 26.9 Å². The first kappa shape index (κ1) is 17.6. The first-order valence-corrected chi connectivity index (χ1v) is 7.22. The van der Waals surface area contributed by atoms with Gasteiger partial charge in [-0.25, -0.2) is 4.39 Å². The van der Waals surface area contributed by atoms with Gasteiger partial charge in [0.1, 0.15) is 11.6 Å². The van der Waals surface area contributed by atoms with Gasteiger partial charge < -0.3 is 20.6 Å². The van der Waals surface area contributed by atoms with Gasteiger partial charge in [0.25, 0.3) is 5.91 Å². The third-order valence-corrected chi connectivity index (χ3v) is 3.24. The Labute approximate surface area is 143 Å². The molecular weight excluding hydrogens is 337 g/mol. The summed E-state index contributed by atoms with van der Waals surface area (Å²) in [6, 6.07) is 10.7. The smallest absolute Gasteiger partial charge is 0.265 e. The number of hydrogen-bond acceptors (Lipinski definition) is 4. The summed E-state index contributed by atoms with van der Waals surface area (Å²) in [4.78, 5) is 16.6. The molecule has 0 radical (unpaired) electrons. The van der Waals surface area contributed by atoms with Crippen LogP contribution in [-0.2, 0) is 9.63 Å². The van der Waals surface area contributed by atoms with Crippen molar-refractivity contribution in [1.29, 1.82) is 0 Å². The monoisotopic (exact) mass is 351 g/mol. The second-order valence-corrected chi connectivity index (χ2v) is 5.06. The highest BCUT2D eigenvalue weighted by molar-refractivity contribution is 6.31. The van der Waals surface area contributed by atoms with Crippen molar-refractivity contribution in [3.63, 3.8) is 0 Å². The molecule has 2 rings (SSSR count). The third-order valence-electron chi connectivity index (χ3n) is 2.95. The van der Waals surface area contributed by atoms with Crippen molar-refractivity contribution in [2.24, 2.45) is 10.9 Å². The Bertz CT molecular complexity index is 751. The van der Waals surface area contributed by atoms with Gasteiger partial charge in [-0.2, -0.15) is 0 Å². The molecule has 3 N–H and O–H groups in total. The van der Waals surface area contributed by atoms with Crippen molar-refractivity contribution < 1.29 is 18.8 Å². The zero-order chi connectivity index (χ0) is 17.5. The Morgan fingerprint density at radius 1 is 1.29 bits per heavy atom. The zero-order valence-corrected chi connectivity index (χ0v) is 13.5. The number of amides is 1. The maximum absolute atomic E-state index is 13.0. The van der Waals surface area contributed by atoms with Gasteiger partial charge >= 0.3 is 0 Å². The average molecular weight is 352 g/mol. The first-order valence-electron chi connectivity index (χ1n) is 6.84. The number of benzene rings is 2. The van der Waals surface area contributed by atoms with Crippen molar-refractivity contribution in [3.05, 3.63) is 58.9 Å². The van der Waals surface area contributed by atoms with Crippen LogP contribution in [0.5, 0.6) is 5.75 Å². The van der Waals surface area contributed by atoms with E-state index in [2.05, 4.69) is 10.5 Å². The molecule has 6 nitrogen and oxygen atoms in total. The molecule has 0 aliphatic heterocycles. The van der Waals surface area contributed by atoms with Gasteiger partial charge in [-0.05, 0) is 42.5 Å². The fraction of sp³-hybridized carbons (Fsp3) is 0.125. The number of anilines is 1. The fourth-order valence-corrected chi connectivity index (χ4v) is 1.93. The molecule has 0 heterocycles. The van der Waals surface area contributed by atoms with E-state index >= 15 is 0 Å². The van der Waals surface area contributed by atoms with E-state index in [1.807, 2.05) is 0 Å². The van der Waals surface area contributed by atoms with Crippen molar-refractivity contribution >= 4 is 29.0 Å². The van der Waals surface area contributed by atoms with Crippen LogP contribution in [0.15, 0.2) is 47.6 Å². The predicted octanol–water partition coefficient (Wildman–Crippen LogP) is 2.76. The van der Waals surface area contributed by atoms with E-state index in [1.54, 1.807) is 31.4 Å². The molecule has 0 spiro atoms. The minimum atomic E-state index is -0.567. The van der Waals surface area contributed by atoms with Crippen LogP contribution in [0.3, 0.4) is 0 Å². The number of nitrogens with two attached hydrogens (primary N) is 1. The normalized spacial score (nSPS) is 11.0. The predicted molar refractivity (Wildman–Crippen MR) is 89.7 cm³/mol. The van der Waals surface area contributed by atoms with Gasteiger partial charge in [-0.1, -0.05) is 16.8 Å². The summed E-state index contributed by atoms with van der Waals surface area (Å²) in [6.07, 6.45) is 0. The number of rotatable bonds is 6. The lowest BCUT2D eigenvalue weighted by molar-refractivity contribution is -0.120. The number of oxime groups is 1. The lowest BCUT2D eigenvalue weighted by atomic mass is 10.2. The molecule has 0 atom stereocenters. The molecular formula is C16H15ClFN3O3. The van der Waals surface area contributed by atoms with Gasteiger partial charge in [0, 0.05) is 11.3 Å².